The number of hydrogen-bond donors (Lipinski definition) is 0. The maximum absolute atomic E-state index is 5.42. The van der Waals surface area contributed by atoms with Gasteiger partial charge in [-0.2, -0.15) is 0 Å². The number of hydrogen-bond acceptors (Lipinski definition) is 6. The lowest BCUT2D eigenvalue weighted by Crippen LogP contribution is -2.06. The zero-order valence-corrected chi connectivity index (χ0v) is 40.7. The maximum atomic E-state index is 5.42. The molecule has 0 fully saturated rings. The second kappa shape index (κ2) is 17.7. The standard InChI is InChI=1S/C64H47N9/c1-40-22-11-18-36-55(40)73-61(70-54-35-21-39-67-64(54)73)51-32-17-14-29-48(51)58-42(3)56(46-27-12-15-30-49(46)59-68-52-33-19-37-65-62(52)71(59)44-23-7-5-8-24-44)41(2)57(43(58)4)47-28-13-16-31-50(47)60-69-53-34-20-38-66-63(53)72(60)45-25-9-6-10-26-45/h5-39H,1-4H3. The van der Waals surface area contributed by atoms with Gasteiger partial charge in [-0.15, -0.1) is 0 Å². The van der Waals surface area contributed by atoms with Crippen molar-refractivity contribution in [2.45, 2.75) is 27.7 Å². The van der Waals surface area contributed by atoms with Gasteiger partial charge in [0.25, 0.3) is 0 Å². The Balaban J connectivity index is 1.14. The minimum absolute atomic E-state index is 0.793. The summed E-state index contributed by atoms with van der Waals surface area (Å²) >= 11 is 0. The molecule has 348 valence electrons. The van der Waals surface area contributed by atoms with Crippen LogP contribution >= 0.6 is 0 Å². The summed E-state index contributed by atoms with van der Waals surface area (Å²) in [7, 11) is 0. The minimum atomic E-state index is 0.793. The van der Waals surface area contributed by atoms with Crippen LogP contribution in [0.5, 0.6) is 0 Å². The molecule has 0 aliphatic carbocycles. The zero-order chi connectivity index (χ0) is 49.2. The summed E-state index contributed by atoms with van der Waals surface area (Å²) in [6.07, 6.45) is 5.53. The van der Waals surface area contributed by atoms with Crippen LogP contribution in [0.3, 0.4) is 0 Å². The van der Waals surface area contributed by atoms with Crippen LogP contribution < -0.4 is 0 Å². The van der Waals surface area contributed by atoms with E-state index in [9.17, 15) is 0 Å². The molecule has 0 bridgehead atoms. The highest BCUT2D eigenvalue weighted by Crippen LogP contribution is 2.50. The normalized spacial score (nSPS) is 11.6. The van der Waals surface area contributed by atoms with Crippen LogP contribution in [0.2, 0.25) is 0 Å². The average Bonchev–Trinajstić information content (AvgIpc) is 4.14. The molecule has 7 aromatic carbocycles. The van der Waals surface area contributed by atoms with Gasteiger partial charge in [0.05, 0.1) is 5.69 Å². The van der Waals surface area contributed by atoms with Gasteiger partial charge in [0.2, 0.25) is 0 Å². The van der Waals surface area contributed by atoms with Crippen LogP contribution in [0.25, 0.3) is 118 Å². The Hall–Kier alpha value is -9.60. The van der Waals surface area contributed by atoms with E-state index in [-0.39, 0.29) is 0 Å². The molecule has 9 nitrogen and oxygen atoms in total. The molecule has 6 aromatic heterocycles. The first-order valence-corrected chi connectivity index (χ1v) is 24.5. The Kier molecular flexibility index (Phi) is 10.5. The lowest BCUT2D eigenvalue weighted by atomic mass is 9.78. The summed E-state index contributed by atoms with van der Waals surface area (Å²) in [5, 5.41) is 0. The highest BCUT2D eigenvalue weighted by atomic mass is 15.2. The van der Waals surface area contributed by atoms with E-state index in [4.69, 9.17) is 29.9 Å². The fraction of sp³-hybridized carbons (Fsp3) is 0.0625. The Morgan fingerprint density at radius 2 is 0.603 bits per heavy atom. The molecule has 6 heterocycles. The largest absolute Gasteiger partial charge is 0.277 e. The summed E-state index contributed by atoms with van der Waals surface area (Å²) in [4.78, 5) is 30.9. The Bertz CT molecular complexity index is 4070. The zero-order valence-electron chi connectivity index (χ0n) is 40.7. The number of benzene rings is 7. The topological polar surface area (TPSA) is 92.1 Å². The molecule has 0 radical (unpaired) electrons. The highest BCUT2D eigenvalue weighted by Gasteiger charge is 2.29. The van der Waals surface area contributed by atoms with Gasteiger partial charge < -0.3 is 0 Å². The van der Waals surface area contributed by atoms with E-state index in [1.165, 1.54) is 0 Å². The average molecular weight is 942 g/mol. The number of para-hydroxylation sites is 3. The fourth-order valence-corrected chi connectivity index (χ4v) is 11.1. The van der Waals surface area contributed by atoms with Crippen molar-refractivity contribution < 1.29 is 0 Å². The van der Waals surface area contributed by atoms with Crippen molar-refractivity contribution in [3.8, 4) is 84.6 Å². The van der Waals surface area contributed by atoms with Gasteiger partial charge in [0, 0.05) is 46.7 Å². The van der Waals surface area contributed by atoms with E-state index in [1.54, 1.807) is 0 Å². The molecule has 0 unspecified atom stereocenters. The predicted octanol–water partition coefficient (Wildman–Crippen LogP) is 15.1. The summed E-state index contributed by atoms with van der Waals surface area (Å²) in [5.74, 6) is 2.43. The van der Waals surface area contributed by atoms with Crippen molar-refractivity contribution >= 4 is 33.5 Å². The molecule has 0 spiro atoms. The van der Waals surface area contributed by atoms with Crippen LogP contribution in [-0.2, 0) is 0 Å². The fourth-order valence-electron chi connectivity index (χ4n) is 11.1. The van der Waals surface area contributed by atoms with Gasteiger partial charge in [-0.05, 0) is 150 Å². The predicted molar refractivity (Wildman–Crippen MR) is 295 cm³/mol. The molecule has 9 heteroatoms. The third-order valence-electron chi connectivity index (χ3n) is 14.2. The van der Waals surface area contributed by atoms with Crippen molar-refractivity contribution in [2.24, 2.45) is 0 Å². The van der Waals surface area contributed by atoms with Gasteiger partial charge in [0.1, 0.15) is 34.0 Å². The molecule has 13 aromatic rings. The van der Waals surface area contributed by atoms with Crippen LogP contribution in [0.1, 0.15) is 22.3 Å². The Morgan fingerprint density at radius 1 is 0.288 bits per heavy atom. The van der Waals surface area contributed by atoms with E-state index in [1.807, 2.05) is 67.1 Å². The third kappa shape index (κ3) is 7.07. The number of fused-ring (bicyclic) bond motifs is 3. The molecular weight excluding hydrogens is 895 g/mol. The quantitative estimate of drug-likeness (QED) is 0.143. The molecule has 0 saturated carbocycles. The lowest BCUT2D eigenvalue weighted by Gasteiger charge is -2.26. The number of nitrogens with zero attached hydrogens (tertiary/aromatic N) is 9. The molecule has 0 atom stereocenters. The molecule has 0 amide bonds. The Morgan fingerprint density at radius 3 is 0.986 bits per heavy atom. The summed E-state index contributed by atoms with van der Waals surface area (Å²) in [5.41, 5.74) is 21.8. The lowest BCUT2D eigenvalue weighted by molar-refractivity contribution is 1.06. The van der Waals surface area contributed by atoms with Gasteiger partial charge in [-0.25, -0.2) is 29.9 Å². The number of imidazole rings is 3. The third-order valence-corrected chi connectivity index (χ3v) is 14.2. The van der Waals surface area contributed by atoms with Crippen LogP contribution in [0, 0.1) is 27.7 Å². The second-order valence-electron chi connectivity index (χ2n) is 18.4. The summed E-state index contributed by atoms with van der Waals surface area (Å²) in [6.45, 7) is 8.98. The van der Waals surface area contributed by atoms with Crippen LogP contribution in [0.15, 0.2) is 213 Å². The van der Waals surface area contributed by atoms with E-state index in [0.29, 0.717) is 0 Å². The number of pyridine rings is 3. The molecule has 13 rings (SSSR count). The molecule has 73 heavy (non-hydrogen) atoms. The van der Waals surface area contributed by atoms with Crippen molar-refractivity contribution in [2.75, 3.05) is 0 Å². The van der Waals surface area contributed by atoms with Gasteiger partial charge in [-0.3, -0.25) is 13.7 Å². The molecule has 0 saturated heterocycles. The van der Waals surface area contributed by atoms with Crippen LogP contribution in [0.4, 0.5) is 0 Å². The van der Waals surface area contributed by atoms with Crippen molar-refractivity contribution in [1.29, 1.82) is 0 Å². The van der Waals surface area contributed by atoms with Gasteiger partial charge in [-0.1, -0.05) is 127 Å². The number of rotatable bonds is 9. The van der Waals surface area contributed by atoms with E-state index >= 15 is 0 Å². The van der Waals surface area contributed by atoms with E-state index < -0.39 is 0 Å². The molecule has 0 aliphatic heterocycles. The van der Waals surface area contributed by atoms with Crippen molar-refractivity contribution in [3.63, 3.8) is 0 Å². The smallest absolute Gasteiger partial charge is 0.164 e. The van der Waals surface area contributed by atoms with Crippen LogP contribution in [-0.4, -0.2) is 43.6 Å². The van der Waals surface area contributed by atoms with Gasteiger partial charge >= 0.3 is 0 Å². The van der Waals surface area contributed by atoms with E-state index in [2.05, 4.69) is 187 Å². The number of aromatic nitrogens is 9. The van der Waals surface area contributed by atoms with Crippen molar-refractivity contribution in [1.82, 2.24) is 43.6 Å². The summed E-state index contributed by atoms with van der Waals surface area (Å²) in [6, 6.07) is 67.3. The first-order chi connectivity index (χ1) is 35.9. The first-order valence-electron chi connectivity index (χ1n) is 24.5. The minimum Gasteiger partial charge on any atom is -0.277 e. The molecule has 0 N–H and O–H groups in total. The van der Waals surface area contributed by atoms with Crippen molar-refractivity contribution in [3.05, 3.63) is 235 Å². The first kappa shape index (κ1) is 43.4. The summed E-state index contributed by atoms with van der Waals surface area (Å²) < 4.78 is 6.59. The maximum Gasteiger partial charge on any atom is 0.164 e. The SMILES string of the molecule is Cc1ccccc1-n1c(-c2ccccc2-c2c(C)c(-c3ccccc3-c3nc4cccnc4n3-c3ccccc3)c(C)c(-c3ccccc3-c3nc4cccnc4n3-c3ccccc3)c2C)nc2cccnc21. The molecular formula is C64H47N9. The second-order valence-corrected chi connectivity index (χ2v) is 18.4. The highest BCUT2D eigenvalue weighted by molar-refractivity contribution is 6.01. The monoisotopic (exact) mass is 941 g/mol. The Labute approximate surface area is 422 Å². The van der Waals surface area contributed by atoms with Gasteiger partial charge in [0.15, 0.2) is 16.9 Å². The van der Waals surface area contributed by atoms with E-state index in [0.717, 1.165) is 140 Å². The number of aryl methyl sites for hydroxylation is 1. The molecule has 0 aliphatic rings.